The highest BCUT2D eigenvalue weighted by molar-refractivity contribution is 6.30. The number of nitrogens with zero attached hydrogens (tertiary/aromatic N) is 1. The summed E-state index contributed by atoms with van der Waals surface area (Å²) >= 11 is 5.95. The second-order valence-corrected chi connectivity index (χ2v) is 7.72. The Morgan fingerprint density at radius 1 is 1.09 bits per heavy atom. The predicted molar refractivity (Wildman–Crippen MR) is 86.0 cm³/mol. The summed E-state index contributed by atoms with van der Waals surface area (Å²) in [7, 11) is 0. The number of ether oxygens (including phenoxy) is 1. The highest BCUT2D eigenvalue weighted by Crippen LogP contribution is 2.41. The van der Waals surface area contributed by atoms with Crippen LogP contribution in [-0.2, 0) is 9.53 Å². The van der Waals surface area contributed by atoms with Crippen LogP contribution in [0.1, 0.15) is 37.2 Å². The van der Waals surface area contributed by atoms with Gasteiger partial charge in [0.1, 0.15) is 0 Å². The largest absolute Gasteiger partial charge is 0.380 e. The van der Waals surface area contributed by atoms with Crippen LogP contribution in [0.4, 0.5) is 0 Å². The topological polar surface area (TPSA) is 29.5 Å². The highest BCUT2D eigenvalue weighted by Gasteiger charge is 2.51. The molecule has 0 unspecified atom stereocenters. The molecule has 3 aliphatic rings. The summed E-state index contributed by atoms with van der Waals surface area (Å²) < 4.78 is 5.28. The lowest BCUT2D eigenvalue weighted by atomic mass is 9.74. The van der Waals surface area contributed by atoms with E-state index in [9.17, 15) is 4.79 Å². The maximum atomic E-state index is 12.6. The van der Waals surface area contributed by atoms with Crippen LogP contribution in [0.15, 0.2) is 24.3 Å². The first kappa shape index (κ1) is 14.5. The van der Waals surface area contributed by atoms with Crippen LogP contribution in [-0.4, -0.2) is 37.1 Å². The molecule has 0 aromatic heterocycles. The van der Waals surface area contributed by atoms with Crippen molar-refractivity contribution in [3.05, 3.63) is 34.9 Å². The van der Waals surface area contributed by atoms with E-state index in [4.69, 9.17) is 16.3 Å². The molecule has 1 amide bonds. The van der Waals surface area contributed by atoms with Crippen LogP contribution >= 0.6 is 11.6 Å². The average Bonchev–Trinajstić information content (AvgIpc) is 2.45. The third kappa shape index (κ3) is 2.55. The van der Waals surface area contributed by atoms with Gasteiger partial charge in [-0.15, -0.1) is 0 Å². The minimum Gasteiger partial charge on any atom is -0.380 e. The van der Waals surface area contributed by atoms with Crippen molar-refractivity contribution in [2.45, 2.75) is 31.6 Å². The summed E-state index contributed by atoms with van der Waals surface area (Å²) in [4.78, 5) is 14.6. The van der Waals surface area contributed by atoms with Gasteiger partial charge >= 0.3 is 0 Å². The molecule has 2 aliphatic heterocycles. The van der Waals surface area contributed by atoms with Gasteiger partial charge in [0.25, 0.3) is 0 Å². The van der Waals surface area contributed by atoms with Crippen LogP contribution in [0, 0.1) is 11.3 Å². The minimum atomic E-state index is 0.238. The van der Waals surface area contributed by atoms with Crippen molar-refractivity contribution in [3.8, 4) is 0 Å². The molecule has 1 aliphatic carbocycles. The summed E-state index contributed by atoms with van der Waals surface area (Å²) in [6.07, 6.45) is 4.26. The van der Waals surface area contributed by atoms with Crippen molar-refractivity contribution < 1.29 is 9.53 Å². The van der Waals surface area contributed by atoms with E-state index >= 15 is 0 Å². The number of amides is 1. The first-order valence-corrected chi connectivity index (χ1v) is 8.65. The van der Waals surface area contributed by atoms with Gasteiger partial charge in [0.05, 0.1) is 18.6 Å². The average molecular weight is 320 g/mol. The molecule has 2 saturated heterocycles. The van der Waals surface area contributed by atoms with Crippen molar-refractivity contribution in [2.24, 2.45) is 11.3 Å². The Bertz CT molecular complexity index is 551. The molecular weight excluding hydrogens is 298 g/mol. The third-order valence-electron chi connectivity index (χ3n) is 5.60. The van der Waals surface area contributed by atoms with Gasteiger partial charge in [-0.05, 0) is 49.3 Å². The van der Waals surface area contributed by atoms with Crippen LogP contribution in [0.2, 0.25) is 5.02 Å². The van der Waals surface area contributed by atoms with Gasteiger partial charge < -0.3 is 9.64 Å². The smallest absolute Gasteiger partial charge is 0.225 e. The van der Waals surface area contributed by atoms with Gasteiger partial charge in [0, 0.05) is 24.0 Å². The number of carbonyl (C=O) groups is 1. The van der Waals surface area contributed by atoms with Crippen LogP contribution < -0.4 is 0 Å². The normalized spacial score (nSPS) is 29.8. The SMILES string of the molecule is O=C(C1CCC(c2ccc(Cl)cc2)CC1)N1CC2(COC2)C1. The van der Waals surface area contributed by atoms with Gasteiger partial charge in [-0.2, -0.15) is 0 Å². The maximum absolute atomic E-state index is 12.6. The number of carbonyl (C=O) groups excluding carboxylic acids is 1. The van der Waals surface area contributed by atoms with Crippen molar-refractivity contribution in [3.63, 3.8) is 0 Å². The Morgan fingerprint density at radius 3 is 2.27 bits per heavy atom. The summed E-state index contributed by atoms with van der Waals surface area (Å²) in [6, 6.07) is 8.19. The molecule has 4 heteroatoms. The Labute approximate surface area is 136 Å². The highest BCUT2D eigenvalue weighted by atomic mass is 35.5. The first-order valence-electron chi connectivity index (χ1n) is 8.27. The fourth-order valence-corrected chi connectivity index (χ4v) is 4.29. The molecule has 0 atom stereocenters. The van der Waals surface area contributed by atoms with Gasteiger partial charge in [0.15, 0.2) is 0 Å². The lowest BCUT2D eigenvalue weighted by Gasteiger charge is -2.55. The first-order chi connectivity index (χ1) is 10.7. The Hall–Kier alpha value is -1.06. The van der Waals surface area contributed by atoms with E-state index in [0.29, 0.717) is 17.2 Å². The molecule has 1 saturated carbocycles. The molecule has 2 heterocycles. The summed E-state index contributed by atoms with van der Waals surface area (Å²) in [5.74, 6) is 1.21. The molecule has 3 fully saturated rings. The van der Waals surface area contributed by atoms with Gasteiger partial charge in [-0.25, -0.2) is 0 Å². The van der Waals surface area contributed by atoms with Crippen molar-refractivity contribution in [1.82, 2.24) is 4.90 Å². The van der Waals surface area contributed by atoms with E-state index < -0.39 is 0 Å². The molecule has 22 heavy (non-hydrogen) atoms. The van der Waals surface area contributed by atoms with Crippen molar-refractivity contribution in [2.75, 3.05) is 26.3 Å². The molecule has 4 rings (SSSR count). The zero-order valence-electron chi connectivity index (χ0n) is 12.8. The van der Waals surface area contributed by atoms with E-state index in [1.165, 1.54) is 5.56 Å². The quantitative estimate of drug-likeness (QED) is 0.835. The van der Waals surface area contributed by atoms with E-state index in [-0.39, 0.29) is 5.92 Å². The fourth-order valence-electron chi connectivity index (χ4n) is 4.16. The Balaban J connectivity index is 1.30. The lowest BCUT2D eigenvalue weighted by Crippen LogP contribution is -2.67. The second-order valence-electron chi connectivity index (χ2n) is 7.29. The predicted octanol–water partition coefficient (Wildman–Crippen LogP) is 3.47. The lowest BCUT2D eigenvalue weighted by molar-refractivity contribution is -0.198. The van der Waals surface area contributed by atoms with Gasteiger partial charge in [-0.3, -0.25) is 4.79 Å². The number of benzene rings is 1. The summed E-state index contributed by atoms with van der Waals surface area (Å²) in [5, 5.41) is 0.791. The minimum absolute atomic E-state index is 0.238. The molecule has 118 valence electrons. The zero-order chi connectivity index (χ0) is 15.2. The molecule has 1 aromatic rings. The Kier molecular flexibility index (Phi) is 3.66. The van der Waals surface area contributed by atoms with Crippen molar-refractivity contribution in [1.29, 1.82) is 0 Å². The molecule has 0 N–H and O–H groups in total. The number of halogens is 1. The van der Waals surface area contributed by atoms with Crippen molar-refractivity contribution >= 4 is 17.5 Å². The van der Waals surface area contributed by atoms with E-state index in [1.807, 2.05) is 12.1 Å². The maximum Gasteiger partial charge on any atom is 0.225 e. The number of hydrogen-bond acceptors (Lipinski definition) is 2. The van der Waals surface area contributed by atoms with Gasteiger partial charge in [0.2, 0.25) is 5.91 Å². The monoisotopic (exact) mass is 319 g/mol. The van der Waals surface area contributed by atoms with E-state index in [1.54, 1.807) is 0 Å². The molecule has 1 aromatic carbocycles. The Morgan fingerprint density at radius 2 is 1.73 bits per heavy atom. The van der Waals surface area contributed by atoms with Crippen LogP contribution in [0.25, 0.3) is 0 Å². The molecular formula is C18H22ClNO2. The van der Waals surface area contributed by atoms with Gasteiger partial charge in [-0.1, -0.05) is 23.7 Å². The number of rotatable bonds is 2. The van der Waals surface area contributed by atoms with E-state index in [2.05, 4.69) is 17.0 Å². The van der Waals surface area contributed by atoms with E-state index in [0.717, 1.165) is 57.0 Å². The summed E-state index contributed by atoms with van der Waals surface area (Å²) in [6.45, 7) is 3.53. The molecule has 0 bridgehead atoms. The zero-order valence-corrected chi connectivity index (χ0v) is 13.5. The number of hydrogen-bond donors (Lipinski definition) is 0. The van der Waals surface area contributed by atoms with Crippen LogP contribution in [0.5, 0.6) is 0 Å². The molecule has 0 radical (unpaired) electrons. The van der Waals surface area contributed by atoms with Crippen LogP contribution in [0.3, 0.4) is 0 Å². The second kappa shape index (κ2) is 5.54. The third-order valence-corrected chi connectivity index (χ3v) is 5.85. The number of likely N-dealkylation sites (tertiary alicyclic amines) is 1. The summed E-state index contributed by atoms with van der Waals surface area (Å²) in [5.41, 5.74) is 1.70. The standard InChI is InChI=1S/C18H22ClNO2/c19-16-7-5-14(6-8-16)13-1-3-15(4-2-13)17(21)20-9-18(10-20)11-22-12-18/h5-8,13,15H,1-4,9-12H2. The fraction of sp³-hybridized carbons (Fsp3) is 0.611. The molecule has 3 nitrogen and oxygen atoms in total. The molecule has 1 spiro atoms.